The maximum Gasteiger partial charge on any atom is 0.140 e. The molecule has 0 saturated carbocycles. The first kappa shape index (κ1) is 11.2. The zero-order valence-electron chi connectivity index (χ0n) is 8.92. The Kier molecular flexibility index (Phi) is 3.87. The summed E-state index contributed by atoms with van der Waals surface area (Å²) in [5.74, 6) is 2.96. The van der Waals surface area contributed by atoms with E-state index in [1.807, 2.05) is 11.8 Å². The van der Waals surface area contributed by atoms with E-state index in [-0.39, 0.29) is 0 Å². The number of halogens is 1. The summed E-state index contributed by atoms with van der Waals surface area (Å²) >= 11 is 8.00. The molecule has 0 atom stereocenters. The highest BCUT2D eigenvalue weighted by atomic mass is 35.5. The molecule has 82 valence electrons. The second-order valence-electron chi connectivity index (χ2n) is 3.76. The number of nitrogens with zero attached hydrogens (tertiary/aromatic N) is 2. The van der Waals surface area contributed by atoms with Gasteiger partial charge in [-0.1, -0.05) is 18.5 Å². The lowest BCUT2D eigenvalue weighted by atomic mass is 10.3. The van der Waals surface area contributed by atoms with Crippen LogP contribution in [0.4, 0.5) is 0 Å². The number of rotatable bonds is 4. The van der Waals surface area contributed by atoms with Crippen molar-refractivity contribution in [3.05, 3.63) is 22.2 Å². The van der Waals surface area contributed by atoms with E-state index in [9.17, 15) is 0 Å². The molecule has 0 aliphatic heterocycles. The normalized spacial score (nSPS) is 14.3. The summed E-state index contributed by atoms with van der Waals surface area (Å²) in [6.45, 7) is 2.18. The van der Waals surface area contributed by atoms with Crippen LogP contribution < -0.4 is 0 Å². The average molecular weight is 243 g/mol. The quantitative estimate of drug-likeness (QED) is 0.599. The fourth-order valence-electron chi connectivity index (χ4n) is 1.81. The van der Waals surface area contributed by atoms with Gasteiger partial charge >= 0.3 is 0 Å². The largest absolute Gasteiger partial charge is 0.237 e. The Balaban J connectivity index is 2.09. The summed E-state index contributed by atoms with van der Waals surface area (Å²) in [7, 11) is 0. The minimum absolute atomic E-state index is 0.685. The Bertz CT molecular complexity index is 355. The summed E-state index contributed by atoms with van der Waals surface area (Å²) in [5, 5.41) is 0.685. The van der Waals surface area contributed by atoms with E-state index in [0.717, 1.165) is 30.2 Å². The first-order valence-electron chi connectivity index (χ1n) is 5.43. The van der Waals surface area contributed by atoms with Gasteiger partial charge in [0.25, 0.3) is 0 Å². The van der Waals surface area contributed by atoms with Crippen molar-refractivity contribution < 1.29 is 0 Å². The lowest BCUT2D eigenvalue weighted by molar-refractivity contribution is 0.893. The lowest BCUT2D eigenvalue weighted by Gasteiger charge is -2.04. The molecule has 1 aliphatic carbocycles. The molecule has 0 aromatic carbocycles. The number of fused-ring (bicyclic) bond motifs is 1. The van der Waals surface area contributed by atoms with E-state index in [4.69, 9.17) is 11.6 Å². The van der Waals surface area contributed by atoms with Crippen LogP contribution in [-0.4, -0.2) is 15.7 Å². The molecule has 2 rings (SSSR count). The van der Waals surface area contributed by atoms with Crippen LogP contribution in [-0.2, 0) is 18.6 Å². The van der Waals surface area contributed by atoms with Gasteiger partial charge < -0.3 is 0 Å². The SMILES string of the molecule is CCCSCc1nc(Cl)c2c(n1)CCC2. The molecule has 1 aromatic rings. The summed E-state index contributed by atoms with van der Waals surface area (Å²) in [6.07, 6.45) is 4.50. The Morgan fingerprint density at radius 1 is 1.33 bits per heavy atom. The lowest BCUT2D eigenvalue weighted by Crippen LogP contribution is -2.00. The average Bonchev–Trinajstić information content (AvgIpc) is 2.66. The van der Waals surface area contributed by atoms with Crippen LogP contribution in [0.5, 0.6) is 0 Å². The summed E-state index contributed by atoms with van der Waals surface area (Å²) in [4.78, 5) is 8.92. The fourth-order valence-corrected chi connectivity index (χ4v) is 2.85. The molecule has 1 aromatic heterocycles. The minimum atomic E-state index is 0.685. The van der Waals surface area contributed by atoms with Gasteiger partial charge in [0.15, 0.2) is 0 Å². The van der Waals surface area contributed by atoms with Crippen LogP contribution in [0, 0.1) is 0 Å². The number of thioether (sulfide) groups is 1. The maximum absolute atomic E-state index is 6.13. The van der Waals surface area contributed by atoms with E-state index in [0.29, 0.717) is 5.15 Å². The predicted octanol–water partition coefficient (Wildman–Crippen LogP) is 3.26. The smallest absolute Gasteiger partial charge is 0.140 e. The molecule has 4 heteroatoms. The molecule has 15 heavy (non-hydrogen) atoms. The molecule has 0 amide bonds. The monoisotopic (exact) mass is 242 g/mol. The van der Waals surface area contributed by atoms with Crippen molar-refractivity contribution in [1.29, 1.82) is 0 Å². The minimum Gasteiger partial charge on any atom is -0.237 e. The topological polar surface area (TPSA) is 25.8 Å². The highest BCUT2D eigenvalue weighted by Crippen LogP contribution is 2.26. The van der Waals surface area contributed by atoms with E-state index in [2.05, 4.69) is 16.9 Å². The molecule has 0 bridgehead atoms. The second kappa shape index (κ2) is 5.17. The van der Waals surface area contributed by atoms with Crippen LogP contribution in [0.2, 0.25) is 5.15 Å². The van der Waals surface area contributed by atoms with Crippen molar-refractivity contribution in [2.24, 2.45) is 0 Å². The molecule has 0 radical (unpaired) electrons. The van der Waals surface area contributed by atoms with Crippen LogP contribution in [0.25, 0.3) is 0 Å². The molecule has 0 unspecified atom stereocenters. The van der Waals surface area contributed by atoms with Crippen LogP contribution in [0.15, 0.2) is 0 Å². The molecule has 1 heterocycles. The molecular formula is C11H15ClN2S. The predicted molar refractivity (Wildman–Crippen MR) is 65.5 cm³/mol. The standard InChI is InChI=1S/C11H15ClN2S/c1-2-6-15-7-10-13-9-5-3-4-8(9)11(12)14-10/h2-7H2,1H3. The highest BCUT2D eigenvalue weighted by molar-refractivity contribution is 7.98. The van der Waals surface area contributed by atoms with Gasteiger partial charge in [0.05, 0.1) is 5.75 Å². The van der Waals surface area contributed by atoms with Gasteiger partial charge in [0.2, 0.25) is 0 Å². The van der Waals surface area contributed by atoms with Crippen LogP contribution in [0.3, 0.4) is 0 Å². The van der Waals surface area contributed by atoms with Gasteiger partial charge in [-0.3, -0.25) is 0 Å². The molecule has 2 nitrogen and oxygen atoms in total. The van der Waals surface area contributed by atoms with Crippen molar-refractivity contribution in [3.8, 4) is 0 Å². The van der Waals surface area contributed by atoms with Crippen molar-refractivity contribution in [1.82, 2.24) is 9.97 Å². The second-order valence-corrected chi connectivity index (χ2v) is 5.23. The maximum atomic E-state index is 6.13. The molecule has 0 saturated heterocycles. The van der Waals surface area contributed by atoms with Crippen molar-refractivity contribution in [3.63, 3.8) is 0 Å². The third-order valence-electron chi connectivity index (χ3n) is 2.51. The van der Waals surface area contributed by atoms with Gasteiger partial charge in [0, 0.05) is 11.3 Å². The molecule has 0 fully saturated rings. The van der Waals surface area contributed by atoms with Crippen LogP contribution >= 0.6 is 23.4 Å². The van der Waals surface area contributed by atoms with Crippen molar-refractivity contribution in [2.75, 3.05) is 5.75 Å². The van der Waals surface area contributed by atoms with Crippen molar-refractivity contribution >= 4 is 23.4 Å². The van der Waals surface area contributed by atoms with E-state index >= 15 is 0 Å². The number of hydrogen-bond donors (Lipinski definition) is 0. The van der Waals surface area contributed by atoms with E-state index < -0.39 is 0 Å². The van der Waals surface area contributed by atoms with Crippen molar-refractivity contribution in [2.45, 2.75) is 38.4 Å². The van der Waals surface area contributed by atoms with Gasteiger partial charge in [-0.25, -0.2) is 9.97 Å². The first-order chi connectivity index (χ1) is 7.31. The Morgan fingerprint density at radius 3 is 3.00 bits per heavy atom. The van der Waals surface area contributed by atoms with Gasteiger partial charge in [-0.2, -0.15) is 11.8 Å². The van der Waals surface area contributed by atoms with Gasteiger partial charge in [0.1, 0.15) is 11.0 Å². The zero-order valence-corrected chi connectivity index (χ0v) is 10.5. The third-order valence-corrected chi connectivity index (χ3v) is 3.98. The van der Waals surface area contributed by atoms with E-state index in [1.165, 1.54) is 24.1 Å². The van der Waals surface area contributed by atoms with Gasteiger partial charge in [-0.15, -0.1) is 0 Å². The highest BCUT2D eigenvalue weighted by Gasteiger charge is 2.17. The van der Waals surface area contributed by atoms with Crippen LogP contribution in [0.1, 0.15) is 36.8 Å². The van der Waals surface area contributed by atoms with E-state index in [1.54, 1.807) is 0 Å². The van der Waals surface area contributed by atoms with Gasteiger partial charge in [-0.05, 0) is 31.4 Å². The Labute approximate surface area is 99.8 Å². The summed E-state index contributed by atoms with van der Waals surface area (Å²) in [5.41, 5.74) is 2.36. The fraction of sp³-hybridized carbons (Fsp3) is 0.636. The first-order valence-corrected chi connectivity index (χ1v) is 6.96. The Morgan fingerprint density at radius 2 is 2.20 bits per heavy atom. The molecule has 0 N–H and O–H groups in total. The number of hydrogen-bond acceptors (Lipinski definition) is 3. The third kappa shape index (κ3) is 2.64. The molecule has 0 spiro atoms. The summed E-state index contributed by atoms with van der Waals surface area (Å²) in [6, 6.07) is 0. The zero-order chi connectivity index (χ0) is 10.7. The molecular weight excluding hydrogens is 228 g/mol. The number of aryl methyl sites for hydroxylation is 1. The Hall–Kier alpha value is -0.280. The number of aromatic nitrogens is 2. The molecule has 1 aliphatic rings. The summed E-state index contributed by atoms with van der Waals surface area (Å²) < 4.78 is 0.